The van der Waals surface area contributed by atoms with Crippen LogP contribution in [0.4, 0.5) is 11.4 Å². The van der Waals surface area contributed by atoms with Crippen LogP contribution in [0.15, 0.2) is 64.6 Å². The number of amides is 2. The zero-order valence-corrected chi connectivity index (χ0v) is 17.4. The van der Waals surface area contributed by atoms with E-state index < -0.39 is 0 Å². The maximum atomic E-state index is 13.0. The van der Waals surface area contributed by atoms with Gasteiger partial charge < -0.3 is 19.7 Å². The number of anilines is 2. The molecule has 2 aromatic carbocycles. The molecule has 1 aliphatic rings. The van der Waals surface area contributed by atoms with E-state index in [0.717, 1.165) is 10.6 Å². The van der Waals surface area contributed by atoms with Gasteiger partial charge in [0, 0.05) is 23.8 Å². The number of carbonyl (C=O) groups excluding carboxylic acids is 2. The largest absolute Gasteiger partial charge is 0.496 e. The smallest absolute Gasteiger partial charge is 0.263 e. The Balaban J connectivity index is 1.69. The summed E-state index contributed by atoms with van der Waals surface area (Å²) in [5.41, 5.74) is 2.19. The summed E-state index contributed by atoms with van der Waals surface area (Å²) in [6.07, 6.45) is 1.66. The molecule has 0 spiro atoms. The molecular weight excluding hydrogens is 402 g/mol. The summed E-state index contributed by atoms with van der Waals surface area (Å²) in [4.78, 5) is 32.5. The number of hydrogen-bond donors (Lipinski definition) is 1. The van der Waals surface area contributed by atoms with E-state index in [2.05, 4.69) is 10.3 Å². The van der Waals surface area contributed by atoms with Gasteiger partial charge in [0.15, 0.2) is 0 Å². The predicted molar refractivity (Wildman–Crippen MR) is 115 cm³/mol. The van der Waals surface area contributed by atoms with Crippen LogP contribution in [0.25, 0.3) is 0 Å². The highest BCUT2D eigenvalue weighted by atomic mass is 32.2. The molecule has 0 aliphatic carbocycles. The Morgan fingerprint density at radius 2 is 1.80 bits per heavy atom. The van der Waals surface area contributed by atoms with Crippen molar-refractivity contribution in [2.75, 3.05) is 31.5 Å². The van der Waals surface area contributed by atoms with Crippen molar-refractivity contribution in [2.24, 2.45) is 0 Å². The fraction of sp³-hybridized carbons (Fsp3) is 0.136. The summed E-state index contributed by atoms with van der Waals surface area (Å²) in [7, 11) is 4.73. The molecule has 0 bridgehead atoms. The third-order valence-corrected chi connectivity index (χ3v) is 5.81. The van der Waals surface area contributed by atoms with Crippen LogP contribution in [-0.2, 0) is 0 Å². The number of aromatic nitrogens is 1. The van der Waals surface area contributed by atoms with Gasteiger partial charge in [-0.1, -0.05) is 17.8 Å². The molecule has 7 nitrogen and oxygen atoms in total. The van der Waals surface area contributed by atoms with Gasteiger partial charge in [-0.2, -0.15) is 0 Å². The number of rotatable bonds is 4. The molecule has 0 unspecified atom stereocenters. The number of nitrogens with one attached hydrogen (secondary N) is 1. The summed E-state index contributed by atoms with van der Waals surface area (Å²) in [6, 6.07) is 14.1. The fourth-order valence-electron chi connectivity index (χ4n) is 3.25. The van der Waals surface area contributed by atoms with Crippen molar-refractivity contribution in [3.8, 4) is 11.5 Å². The van der Waals surface area contributed by atoms with Crippen LogP contribution in [-0.4, -0.2) is 38.1 Å². The minimum Gasteiger partial charge on any atom is -0.496 e. The predicted octanol–water partition coefficient (Wildman–Crippen LogP) is 4.09. The van der Waals surface area contributed by atoms with Gasteiger partial charge in [-0.3, -0.25) is 9.59 Å². The van der Waals surface area contributed by atoms with Crippen molar-refractivity contribution in [1.29, 1.82) is 0 Å². The SMILES string of the molecule is COc1cccc(OC)c1C(=O)Nc1ccc2c(c1)Sc1ncccc1C(=O)N2C. The Morgan fingerprint density at radius 3 is 2.50 bits per heavy atom. The number of methoxy groups -OCH3 is 2. The summed E-state index contributed by atoms with van der Waals surface area (Å²) in [6.45, 7) is 0. The molecule has 2 heterocycles. The molecule has 0 saturated carbocycles. The van der Waals surface area contributed by atoms with Crippen LogP contribution in [0.5, 0.6) is 11.5 Å². The van der Waals surface area contributed by atoms with Crippen molar-refractivity contribution in [1.82, 2.24) is 4.98 Å². The Kier molecular flexibility index (Phi) is 5.33. The minimum absolute atomic E-state index is 0.125. The molecule has 0 atom stereocenters. The lowest BCUT2D eigenvalue weighted by Crippen LogP contribution is -2.26. The van der Waals surface area contributed by atoms with Gasteiger partial charge >= 0.3 is 0 Å². The monoisotopic (exact) mass is 421 g/mol. The van der Waals surface area contributed by atoms with Crippen LogP contribution in [0.3, 0.4) is 0 Å². The van der Waals surface area contributed by atoms with E-state index in [1.54, 1.807) is 60.6 Å². The quantitative estimate of drug-likeness (QED) is 0.683. The van der Waals surface area contributed by atoms with Crippen LogP contribution in [0.1, 0.15) is 20.7 Å². The van der Waals surface area contributed by atoms with Gasteiger partial charge in [0.2, 0.25) is 0 Å². The van der Waals surface area contributed by atoms with E-state index in [0.29, 0.717) is 33.3 Å². The number of ether oxygens (including phenoxy) is 2. The number of benzene rings is 2. The topological polar surface area (TPSA) is 80.8 Å². The first-order valence-electron chi connectivity index (χ1n) is 9.10. The molecule has 8 heteroatoms. The minimum atomic E-state index is -0.356. The molecule has 152 valence electrons. The standard InChI is InChI=1S/C22H19N3O4S/c1-25-15-10-9-13(12-18(15)30-21-14(22(25)27)6-5-11-23-21)24-20(26)19-16(28-2)7-4-8-17(19)29-3/h4-12H,1-3H3,(H,24,26). The average molecular weight is 421 g/mol. The highest BCUT2D eigenvalue weighted by molar-refractivity contribution is 7.99. The lowest BCUT2D eigenvalue weighted by atomic mass is 10.1. The van der Waals surface area contributed by atoms with Crippen LogP contribution < -0.4 is 19.7 Å². The normalized spacial score (nSPS) is 12.5. The third-order valence-electron chi connectivity index (χ3n) is 4.75. The summed E-state index contributed by atoms with van der Waals surface area (Å²) in [5, 5.41) is 3.52. The van der Waals surface area contributed by atoms with E-state index >= 15 is 0 Å². The summed E-state index contributed by atoms with van der Waals surface area (Å²) in [5.74, 6) is 0.351. The van der Waals surface area contributed by atoms with Gasteiger partial charge in [-0.15, -0.1) is 0 Å². The Hall–Kier alpha value is -3.52. The zero-order valence-electron chi connectivity index (χ0n) is 16.6. The molecule has 0 fully saturated rings. The molecule has 2 amide bonds. The molecule has 1 aliphatic heterocycles. The highest BCUT2D eigenvalue weighted by Gasteiger charge is 2.26. The zero-order chi connectivity index (χ0) is 21.3. The van der Waals surface area contributed by atoms with Crippen molar-refractivity contribution in [2.45, 2.75) is 9.92 Å². The van der Waals surface area contributed by atoms with Gasteiger partial charge in [0.05, 0.1) is 25.5 Å². The molecule has 3 aromatic rings. The van der Waals surface area contributed by atoms with E-state index in [1.165, 1.54) is 26.0 Å². The number of fused-ring (bicyclic) bond motifs is 2. The highest BCUT2D eigenvalue weighted by Crippen LogP contribution is 2.41. The maximum Gasteiger partial charge on any atom is 0.263 e. The van der Waals surface area contributed by atoms with Crippen LogP contribution in [0.2, 0.25) is 0 Å². The maximum absolute atomic E-state index is 13.0. The van der Waals surface area contributed by atoms with Gasteiger partial charge in [0.25, 0.3) is 11.8 Å². The Labute approximate surface area is 178 Å². The third kappa shape index (κ3) is 3.46. The molecule has 1 N–H and O–H groups in total. The van der Waals surface area contributed by atoms with Crippen LogP contribution >= 0.6 is 11.8 Å². The van der Waals surface area contributed by atoms with E-state index in [9.17, 15) is 9.59 Å². The number of pyridine rings is 1. The second-order valence-corrected chi connectivity index (χ2v) is 7.53. The van der Waals surface area contributed by atoms with Crippen LogP contribution in [0, 0.1) is 0 Å². The summed E-state index contributed by atoms with van der Waals surface area (Å²) < 4.78 is 10.6. The van der Waals surface area contributed by atoms with Gasteiger partial charge in [-0.25, -0.2) is 4.98 Å². The number of carbonyl (C=O) groups is 2. The van der Waals surface area contributed by atoms with Crippen molar-refractivity contribution >= 4 is 35.0 Å². The summed E-state index contributed by atoms with van der Waals surface area (Å²) >= 11 is 1.39. The Bertz CT molecular complexity index is 1130. The average Bonchev–Trinajstić information content (AvgIpc) is 2.87. The van der Waals surface area contributed by atoms with E-state index in [1.807, 2.05) is 6.07 Å². The number of nitrogens with zero attached hydrogens (tertiary/aromatic N) is 2. The lowest BCUT2D eigenvalue weighted by Gasteiger charge is -2.18. The van der Waals surface area contributed by atoms with E-state index in [4.69, 9.17) is 9.47 Å². The second kappa shape index (κ2) is 8.08. The molecule has 0 saturated heterocycles. The lowest BCUT2D eigenvalue weighted by molar-refractivity contribution is 0.0987. The van der Waals surface area contributed by atoms with Crippen molar-refractivity contribution in [3.05, 3.63) is 65.9 Å². The molecular formula is C22H19N3O4S. The fourth-order valence-corrected chi connectivity index (χ4v) is 4.33. The molecule has 4 rings (SSSR count). The van der Waals surface area contributed by atoms with Gasteiger partial charge in [0.1, 0.15) is 22.1 Å². The van der Waals surface area contributed by atoms with Crippen molar-refractivity contribution in [3.63, 3.8) is 0 Å². The van der Waals surface area contributed by atoms with Crippen molar-refractivity contribution < 1.29 is 19.1 Å². The first-order valence-corrected chi connectivity index (χ1v) is 9.92. The second-order valence-electron chi connectivity index (χ2n) is 6.50. The Morgan fingerprint density at radius 1 is 1.07 bits per heavy atom. The van der Waals surface area contributed by atoms with Gasteiger partial charge in [-0.05, 0) is 42.5 Å². The molecule has 30 heavy (non-hydrogen) atoms. The van der Waals surface area contributed by atoms with E-state index in [-0.39, 0.29) is 11.8 Å². The molecule has 0 radical (unpaired) electrons. The number of hydrogen-bond acceptors (Lipinski definition) is 6. The molecule has 1 aromatic heterocycles. The first-order chi connectivity index (χ1) is 14.5. The first kappa shape index (κ1) is 19.8.